The maximum atomic E-state index is 13.5. The Kier molecular flexibility index (Phi) is 14.3. The first-order valence-electron chi connectivity index (χ1n) is 21.4. The van der Waals surface area contributed by atoms with Gasteiger partial charge in [-0.25, -0.2) is 29.5 Å². The lowest BCUT2D eigenvalue weighted by atomic mass is 10.0. The largest absolute Gasteiger partial charge is 0.449 e. The van der Waals surface area contributed by atoms with Crippen molar-refractivity contribution in [2.45, 2.75) is 131 Å². The molecule has 0 unspecified atom stereocenters. The number of imidazole rings is 2. The highest BCUT2D eigenvalue weighted by Gasteiger charge is 2.29. The predicted molar refractivity (Wildman–Crippen MR) is 242 cm³/mol. The second kappa shape index (κ2) is 19.1. The fourth-order valence-electron chi connectivity index (χ4n) is 7.25. The van der Waals surface area contributed by atoms with Gasteiger partial charge >= 0.3 is 12.2 Å². The molecule has 0 fully saturated rings. The van der Waals surface area contributed by atoms with Gasteiger partial charge in [0.2, 0.25) is 0 Å². The van der Waals surface area contributed by atoms with E-state index < -0.39 is 34.6 Å². The van der Waals surface area contributed by atoms with Crippen molar-refractivity contribution < 1.29 is 43.5 Å². The summed E-state index contributed by atoms with van der Waals surface area (Å²) in [5.74, 6) is 1.65. The van der Waals surface area contributed by atoms with E-state index in [1.807, 2.05) is 85.4 Å². The van der Waals surface area contributed by atoms with Crippen molar-refractivity contribution in [2.24, 2.45) is 0 Å². The number of ether oxygens (including phenoxy) is 5. The molecule has 340 valence electrons. The van der Waals surface area contributed by atoms with Crippen molar-refractivity contribution in [2.75, 3.05) is 37.1 Å². The molecule has 0 aliphatic carbocycles. The number of aliphatic hydroxyl groups is 2. The van der Waals surface area contributed by atoms with Gasteiger partial charge in [-0.05, 0) is 81.4 Å². The summed E-state index contributed by atoms with van der Waals surface area (Å²) >= 11 is 0. The summed E-state index contributed by atoms with van der Waals surface area (Å²) in [4.78, 5) is 45.8. The molecule has 17 nitrogen and oxygen atoms in total. The number of nitrogens with one attached hydrogen (secondary N) is 2. The highest BCUT2D eigenvalue weighted by molar-refractivity contribution is 6.10. The van der Waals surface area contributed by atoms with Gasteiger partial charge in [-0.1, -0.05) is 36.4 Å². The van der Waals surface area contributed by atoms with E-state index in [0.29, 0.717) is 65.3 Å². The lowest BCUT2D eigenvalue weighted by Gasteiger charge is -2.29. The number of hydrogen-bond donors (Lipinski definition) is 4. The predicted octanol–water partition coefficient (Wildman–Crippen LogP) is 8.25. The zero-order valence-corrected chi connectivity index (χ0v) is 38.1. The number of nitrogens with zero attached hydrogens (tertiary/aromatic N) is 6. The molecule has 6 aromatic rings. The molecule has 0 aliphatic heterocycles. The number of aromatic nitrogens is 6. The molecule has 0 radical (unpaired) electrons. The molecule has 63 heavy (non-hydrogen) atoms. The average molecular weight is 871 g/mol. The monoisotopic (exact) mass is 870 g/mol. The van der Waals surface area contributed by atoms with Gasteiger partial charge < -0.3 is 43.0 Å². The summed E-state index contributed by atoms with van der Waals surface area (Å²) in [7, 11) is 0. The van der Waals surface area contributed by atoms with Gasteiger partial charge in [-0.15, -0.1) is 0 Å². The SMILES string of the molecule is CCOCc1nc2c(NC(=O)OCCC(C)(C)OCCC(C)(C)OC(=O)Nc3nc4ccccc4c4c3nc(COCC)n4CC(C)(C)O)nc3ccccc3c2n1CC(C)(C)O. The molecule has 6 rings (SSSR count). The first kappa shape index (κ1) is 47.0. The van der Waals surface area contributed by atoms with Gasteiger partial charge in [0.25, 0.3) is 0 Å². The number of fused-ring (bicyclic) bond motifs is 6. The molecule has 4 heterocycles. The number of carbonyl (C=O) groups excluding carboxylic acids is 2. The van der Waals surface area contributed by atoms with Gasteiger partial charge in [0, 0.05) is 36.8 Å². The summed E-state index contributed by atoms with van der Waals surface area (Å²) < 4.78 is 33.0. The van der Waals surface area contributed by atoms with Crippen molar-refractivity contribution in [1.82, 2.24) is 29.1 Å². The maximum absolute atomic E-state index is 13.5. The number of para-hydroxylation sites is 2. The lowest BCUT2D eigenvalue weighted by Crippen LogP contribution is -2.34. The third kappa shape index (κ3) is 12.0. The zero-order valence-electron chi connectivity index (χ0n) is 38.1. The van der Waals surface area contributed by atoms with E-state index >= 15 is 0 Å². The Hall–Kier alpha value is -5.46. The molecule has 17 heteroatoms. The maximum Gasteiger partial charge on any atom is 0.413 e. The Balaban J connectivity index is 1.07. The van der Waals surface area contributed by atoms with Crippen LogP contribution in [0.3, 0.4) is 0 Å². The normalized spacial score (nSPS) is 12.8. The number of carbonyl (C=O) groups is 2. The van der Waals surface area contributed by atoms with Crippen LogP contribution in [0.1, 0.15) is 93.7 Å². The van der Waals surface area contributed by atoms with Gasteiger partial charge in [0.15, 0.2) is 11.6 Å². The van der Waals surface area contributed by atoms with Gasteiger partial charge in [0.1, 0.15) is 41.5 Å². The number of rotatable bonds is 20. The minimum atomic E-state index is -1.06. The minimum absolute atomic E-state index is 0.0473. The van der Waals surface area contributed by atoms with E-state index in [-0.39, 0.29) is 51.2 Å². The number of hydrogen-bond acceptors (Lipinski definition) is 13. The molecule has 2 amide bonds. The molecule has 2 aromatic carbocycles. The molecule has 4 aromatic heterocycles. The first-order chi connectivity index (χ1) is 29.7. The van der Waals surface area contributed by atoms with Crippen LogP contribution in [0.2, 0.25) is 0 Å². The van der Waals surface area contributed by atoms with Crippen LogP contribution < -0.4 is 10.6 Å². The van der Waals surface area contributed by atoms with Crippen LogP contribution in [0.15, 0.2) is 48.5 Å². The third-order valence-corrected chi connectivity index (χ3v) is 10.2. The Morgan fingerprint density at radius 3 is 1.52 bits per heavy atom. The molecule has 0 saturated carbocycles. The van der Waals surface area contributed by atoms with Crippen molar-refractivity contribution in [3.8, 4) is 0 Å². The summed E-state index contributed by atoms with van der Waals surface area (Å²) in [5.41, 5.74) is -0.115. The van der Waals surface area contributed by atoms with Crippen LogP contribution in [0.5, 0.6) is 0 Å². The first-order valence-corrected chi connectivity index (χ1v) is 21.4. The van der Waals surface area contributed by atoms with Crippen LogP contribution in [0.25, 0.3) is 43.9 Å². The molecule has 0 spiro atoms. The second-order valence-electron chi connectivity index (χ2n) is 18.1. The molecular weight excluding hydrogens is 809 g/mol. The van der Waals surface area contributed by atoms with E-state index in [9.17, 15) is 19.8 Å². The van der Waals surface area contributed by atoms with Crippen LogP contribution in [-0.2, 0) is 50.0 Å². The van der Waals surface area contributed by atoms with Crippen molar-refractivity contribution in [1.29, 1.82) is 0 Å². The molecular formula is C46H62N8O9. The van der Waals surface area contributed by atoms with E-state index in [0.717, 1.165) is 16.3 Å². The Labute approximate surface area is 367 Å². The summed E-state index contributed by atoms with van der Waals surface area (Å²) in [6.07, 6.45) is -0.680. The summed E-state index contributed by atoms with van der Waals surface area (Å²) in [6, 6.07) is 15.1. The smallest absolute Gasteiger partial charge is 0.413 e. The van der Waals surface area contributed by atoms with E-state index in [2.05, 4.69) is 10.6 Å². The van der Waals surface area contributed by atoms with Crippen LogP contribution in [0, 0.1) is 0 Å². The third-order valence-electron chi connectivity index (χ3n) is 10.2. The lowest BCUT2D eigenvalue weighted by molar-refractivity contribution is -0.0574. The highest BCUT2D eigenvalue weighted by Crippen LogP contribution is 2.34. The Bertz CT molecular complexity index is 2570. The van der Waals surface area contributed by atoms with Crippen LogP contribution in [-0.4, -0.2) is 100 Å². The fraction of sp³-hybridized carbons (Fsp3) is 0.522. The van der Waals surface area contributed by atoms with Gasteiger partial charge in [-0.3, -0.25) is 10.6 Å². The van der Waals surface area contributed by atoms with Crippen molar-refractivity contribution in [3.63, 3.8) is 0 Å². The number of pyridine rings is 2. The zero-order chi connectivity index (χ0) is 45.7. The van der Waals surface area contributed by atoms with Crippen LogP contribution >= 0.6 is 0 Å². The average Bonchev–Trinajstić information content (AvgIpc) is 3.72. The number of amides is 2. The van der Waals surface area contributed by atoms with Gasteiger partial charge in [-0.2, -0.15) is 0 Å². The van der Waals surface area contributed by atoms with Crippen LogP contribution in [0.4, 0.5) is 21.2 Å². The van der Waals surface area contributed by atoms with Crippen molar-refractivity contribution in [3.05, 3.63) is 60.2 Å². The molecule has 0 aliphatic rings. The quantitative estimate of drug-likeness (QED) is 0.0571. The summed E-state index contributed by atoms with van der Waals surface area (Å²) in [5, 5.41) is 28.9. The highest BCUT2D eigenvalue weighted by atomic mass is 16.6. The topological polar surface area (TPSA) is 206 Å². The molecule has 4 N–H and O–H groups in total. The second-order valence-corrected chi connectivity index (χ2v) is 18.1. The molecule has 0 saturated heterocycles. The summed E-state index contributed by atoms with van der Waals surface area (Å²) in [6.45, 7) is 20.2. The molecule has 0 bridgehead atoms. The number of anilines is 2. The minimum Gasteiger partial charge on any atom is -0.449 e. The Morgan fingerprint density at radius 2 is 1.06 bits per heavy atom. The van der Waals surface area contributed by atoms with Gasteiger partial charge in [0.05, 0.1) is 65.2 Å². The van der Waals surface area contributed by atoms with E-state index in [4.69, 9.17) is 43.6 Å². The van der Waals surface area contributed by atoms with Crippen molar-refractivity contribution >= 4 is 67.7 Å². The Morgan fingerprint density at radius 1 is 0.619 bits per heavy atom. The van der Waals surface area contributed by atoms with E-state index in [1.54, 1.807) is 41.5 Å². The standard InChI is InChI=1S/C46H62N8O9/c1-11-59-25-33-49-35-37(53(33)27-43(3,4)57)29-17-13-15-19-31(29)47-39(35)51-41(55)61-23-21-45(7,8)62-24-22-46(9,10)63-42(56)52-40-36-38(30-18-14-16-20-32(30)48-40)54(28-44(5,6)58)34(50-36)26-60-12-2/h13-20,57-58H,11-12,21-28H2,1-10H3,(H,47,51,55)(H,48,52,56). The van der Waals surface area contributed by atoms with E-state index in [1.165, 1.54) is 0 Å². The number of benzene rings is 2. The fourth-order valence-corrected chi connectivity index (χ4v) is 7.25. The molecule has 0 atom stereocenters.